The zero-order chi connectivity index (χ0) is 21.1. The minimum absolute atomic E-state index is 0.125. The molecule has 1 saturated carbocycles. The topological polar surface area (TPSA) is 66.6 Å². The van der Waals surface area contributed by atoms with Crippen LogP contribution in [-0.2, 0) is 18.6 Å². The third-order valence-electron chi connectivity index (χ3n) is 6.61. The van der Waals surface area contributed by atoms with Gasteiger partial charge in [-0.25, -0.2) is 4.79 Å². The molecule has 2 aliphatic rings. The predicted octanol–water partition coefficient (Wildman–Crippen LogP) is 5.21. The van der Waals surface area contributed by atoms with E-state index < -0.39 is 5.60 Å². The van der Waals surface area contributed by atoms with E-state index in [-0.39, 0.29) is 22.7 Å². The molecule has 0 saturated heterocycles. The number of nitrogens with zero attached hydrogens (tertiary/aromatic N) is 1. The first kappa shape index (κ1) is 23.3. The summed E-state index contributed by atoms with van der Waals surface area (Å²) in [5.74, 6) is 0.734. The molecule has 1 fully saturated rings. The Morgan fingerprint density at radius 2 is 2.00 bits per heavy atom. The maximum atomic E-state index is 11.6. The number of hydrogen-bond donors (Lipinski definition) is 2. The molecular weight excluding hydrogens is 395 g/mol. The quantitative estimate of drug-likeness (QED) is 0.634. The number of hydrogen-bond acceptors (Lipinski definition) is 2. The minimum Gasteiger partial charge on any atom is -0.385 e. The number of halogens is 2. The molecule has 3 atom stereocenters. The summed E-state index contributed by atoms with van der Waals surface area (Å²) in [6.45, 7) is 10.1. The van der Waals surface area contributed by atoms with Gasteiger partial charge in [0.2, 0.25) is 0 Å². The Hall–Kier alpha value is -0.970. The van der Waals surface area contributed by atoms with Crippen LogP contribution in [0.2, 0.25) is 0 Å². The van der Waals surface area contributed by atoms with Crippen molar-refractivity contribution in [1.82, 2.24) is 4.90 Å². The number of carbonyl (C=O) groups excluding carboxylic acids is 1. The molecule has 0 radical (unpaired) electrons. The van der Waals surface area contributed by atoms with Crippen molar-refractivity contribution in [3.05, 3.63) is 34.9 Å². The van der Waals surface area contributed by atoms with Gasteiger partial charge in [-0.2, -0.15) is 0 Å². The zero-order valence-corrected chi connectivity index (χ0v) is 19.0. The first-order chi connectivity index (χ1) is 13.0. The summed E-state index contributed by atoms with van der Waals surface area (Å²) in [6, 6.07) is 5.90. The van der Waals surface area contributed by atoms with E-state index >= 15 is 0 Å². The monoisotopic (exact) mass is 428 g/mol. The maximum Gasteiger partial charge on any atom is 0.315 e. The van der Waals surface area contributed by atoms with Gasteiger partial charge in [0.1, 0.15) is 0 Å². The molecule has 0 spiro atoms. The lowest BCUT2D eigenvalue weighted by Gasteiger charge is -2.50. The van der Waals surface area contributed by atoms with Crippen LogP contribution in [-0.4, -0.2) is 27.9 Å². The van der Waals surface area contributed by atoms with Gasteiger partial charge in [0.05, 0.1) is 10.9 Å². The van der Waals surface area contributed by atoms with E-state index in [1.807, 2.05) is 13.0 Å². The van der Waals surface area contributed by atoms with Crippen LogP contribution in [0.4, 0.5) is 4.79 Å². The summed E-state index contributed by atoms with van der Waals surface area (Å²) >= 11 is 9.53. The van der Waals surface area contributed by atoms with E-state index in [4.69, 9.17) is 28.9 Å². The van der Waals surface area contributed by atoms with E-state index in [1.54, 1.807) is 4.90 Å². The highest BCUT2D eigenvalue weighted by molar-refractivity contribution is 6.40. The number of alkyl halides is 2. The standard InChI is InChI=1S/C21H32N2O2.CH2Cl2/c1-14-6-5-10-20(2,3)18(14)21(4,25)17-8-7-16-13-23(19(22)24)11-9-15(16)12-17;2-1-3/h7-8,12,14,18,25H,5-6,9-11,13H2,1-4H3,(H2,22,24);1H2/t14-,18+,21-;/m0./s1. The Bertz CT molecular complexity index is 691. The van der Waals surface area contributed by atoms with E-state index in [2.05, 4.69) is 32.9 Å². The number of fused-ring (bicyclic) bond motifs is 1. The van der Waals surface area contributed by atoms with Crippen LogP contribution >= 0.6 is 23.2 Å². The second kappa shape index (κ2) is 9.23. The van der Waals surface area contributed by atoms with Crippen LogP contribution in [0.25, 0.3) is 0 Å². The zero-order valence-electron chi connectivity index (χ0n) is 17.5. The second-order valence-corrected chi connectivity index (χ2v) is 9.89. The van der Waals surface area contributed by atoms with E-state index in [0.717, 1.165) is 24.0 Å². The van der Waals surface area contributed by atoms with Crippen molar-refractivity contribution < 1.29 is 9.90 Å². The van der Waals surface area contributed by atoms with Gasteiger partial charge in [-0.3, -0.25) is 0 Å². The van der Waals surface area contributed by atoms with Crippen LogP contribution in [0.1, 0.15) is 63.6 Å². The van der Waals surface area contributed by atoms with Gasteiger partial charge in [-0.05, 0) is 53.7 Å². The van der Waals surface area contributed by atoms with Gasteiger partial charge >= 0.3 is 6.03 Å². The highest BCUT2D eigenvalue weighted by Crippen LogP contribution is 2.52. The molecule has 158 valence electrons. The van der Waals surface area contributed by atoms with Gasteiger partial charge in [0.15, 0.2) is 0 Å². The molecule has 3 N–H and O–H groups in total. The number of urea groups is 1. The highest BCUT2D eigenvalue weighted by Gasteiger charge is 2.48. The fourth-order valence-electron chi connectivity index (χ4n) is 5.52. The average molecular weight is 429 g/mol. The number of benzene rings is 1. The lowest BCUT2D eigenvalue weighted by atomic mass is 9.57. The first-order valence-electron chi connectivity index (χ1n) is 10.1. The van der Waals surface area contributed by atoms with Crippen LogP contribution < -0.4 is 5.73 Å². The Morgan fingerprint density at radius 1 is 1.36 bits per heavy atom. The summed E-state index contributed by atoms with van der Waals surface area (Å²) in [6.07, 6.45) is 4.39. The predicted molar refractivity (Wildman–Crippen MR) is 117 cm³/mol. The molecule has 1 heterocycles. The molecule has 2 amide bonds. The van der Waals surface area contributed by atoms with E-state index in [0.29, 0.717) is 19.0 Å². The summed E-state index contributed by atoms with van der Waals surface area (Å²) in [5, 5.41) is 11.8. The smallest absolute Gasteiger partial charge is 0.315 e. The molecule has 6 heteroatoms. The van der Waals surface area contributed by atoms with Crippen LogP contribution in [0.3, 0.4) is 0 Å². The molecule has 1 aromatic rings. The first-order valence-corrected chi connectivity index (χ1v) is 11.1. The van der Waals surface area contributed by atoms with Crippen LogP contribution in [0, 0.1) is 17.3 Å². The SMILES string of the molecule is C[C@H]1CCCC(C)(C)[C@@H]1[C@@](C)(O)c1ccc2c(c1)CCN(C(N)=O)C2.ClCCl. The summed E-state index contributed by atoms with van der Waals surface area (Å²) < 4.78 is 0. The van der Waals surface area contributed by atoms with E-state index in [9.17, 15) is 9.90 Å². The third-order valence-corrected chi connectivity index (χ3v) is 6.61. The molecule has 0 unspecified atom stereocenters. The summed E-state index contributed by atoms with van der Waals surface area (Å²) in [5.41, 5.74) is 8.07. The van der Waals surface area contributed by atoms with Gasteiger partial charge in [-0.1, -0.05) is 51.8 Å². The molecule has 1 aliphatic heterocycles. The summed E-state index contributed by atoms with van der Waals surface area (Å²) in [4.78, 5) is 13.1. The van der Waals surface area contributed by atoms with Crippen molar-refractivity contribution in [2.75, 3.05) is 11.9 Å². The number of nitrogens with two attached hydrogens (primary N) is 1. The molecule has 0 bridgehead atoms. The fourth-order valence-corrected chi connectivity index (χ4v) is 5.52. The van der Waals surface area contributed by atoms with Gasteiger partial charge in [-0.15, -0.1) is 23.2 Å². The number of rotatable bonds is 2. The Kier molecular flexibility index (Phi) is 7.69. The average Bonchev–Trinajstić information content (AvgIpc) is 2.60. The Balaban J connectivity index is 0.000000878. The van der Waals surface area contributed by atoms with Crippen molar-refractivity contribution in [2.45, 2.75) is 65.5 Å². The van der Waals surface area contributed by atoms with Crippen molar-refractivity contribution in [2.24, 2.45) is 23.0 Å². The lowest BCUT2D eigenvalue weighted by molar-refractivity contribution is -0.102. The maximum absolute atomic E-state index is 11.6. The summed E-state index contributed by atoms with van der Waals surface area (Å²) in [7, 11) is 0. The number of primary amides is 1. The molecule has 28 heavy (non-hydrogen) atoms. The molecule has 3 rings (SSSR count). The van der Waals surface area contributed by atoms with Crippen molar-refractivity contribution >= 4 is 29.2 Å². The molecule has 1 aliphatic carbocycles. The molecule has 4 nitrogen and oxygen atoms in total. The third kappa shape index (κ3) is 4.95. The Morgan fingerprint density at radius 3 is 2.57 bits per heavy atom. The lowest BCUT2D eigenvalue weighted by Crippen LogP contribution is -2.47. The van der Waals surface area contributed by atoms with E-state index in [1.165, 1.54) is 18.4 Å². The number of amides is 2. The Labute approximate surface area is 179 Å². The van der Waals surface area contributed by atoms with Crippen molar-refractivity contribution in [3.8, 4) is 0 Å². The molecular formula is C22H34Cl2N2O2. The van der Waals surface area contributed by atoms with Crippen LogP contribution in [0.5, 0.6) is 0 Å². The minimum atomic E-state index is -0.848. The van der Waals surface area contributed by atoms with Gasteiger partial charge in [0.25, 0.3) is 0 Å². The van der Waals surface area contributed by atoms with Gasteiger partial charge < -0.3 is 15.7 Å². The highest BCUT2D eigenvalue weighted by atomic mass is 35.5. The van der Waals surface area contributed by atoms with Crippen molar-refractivity contribution in [1.29, 1.82) is 0 Å². The molecule has 1 aromatic carbocycles. The van der Waals surface area contributed by atoms with Gasteiger partial charge in [0, 0.05) is 13.1 Å². The fraction of sp³-hybridized carbons (Fsp3) is 0.682. The van der Waals surface area contributed by atoms with Crippen molar-refractivity contribution in [3.63, 3.8) is 0 Å². The second-order valence-electron chi connectivity index (χ2n) is 9.08. The molecule has 0 aromatic heterocycles. The number of carbonyl (C=O) groups is 1. The normalized spacial score (nSPS) is 25.8. The van der Waals surface area contributed by atoms with Crippen LogP contribution in [0.15, 0.2) is 18.2 Å². The largest absolute Gasteiger partial charge is 0.385 e. The number of aliphatic hydroxyl groups is 1.